The highest BCUT2D eigenvalue weighted by molar-refractivity contribution is 5.98. The lowest BCUT2D eigenvalue weighted by atomic mass is 10.0. The Morgan fingerprint density at radius 2 is 1.22 bits per heavy atom. The summed E-state index contributed by atoms with van der Waals surface area (Å²) in [7, 11) is 0. The van der Waals surface area contributed by atoms with Gasteiger partial charge < -0.3 is 5.11 Å². The summed E-state index contributed by atoms with van der Waals surface area (Å²) in [6, 6.07) is 26.4. The number of phenolic OH excluding ortho intramolecular Hbond substituents is 1. The summed E-state index contributed by atoms with van der Waals surface area (Å²) in [5, 5.41) is 14.9. The molecule has 0 amide bonds. The molecule has 4 rings (SSSR count). The van der Waals surface area contributed by atoms with Gasteiger partial charge in [0.25, 0.3) is 0 Å². The fraction of sp³-hybridized carbons (Fsp3) is 0. The lowest BCUT2D eigenvalue weighted by Gasteiger charge is -2.06. The molecule has 4 aromatic carbocycles. The van der Waals surface area contributed by atoms with E-state index in [1.54, 1.807) is 6.07 Å². The topological polar surface area (TPSA) is 20.2 Å². The third kappa shape index (κ3) is 2.47. The maximum atomic E-state index is 10.2. The Bertz CT molecular complexity index is 1020. The van der Waals surface area contributed by atoms with Crippen LogP contribution in [0.3, 0.4) is 0 Å². The Labute approximate surface area is 135 Å². The molecular formula is C22H16O. The second kappa shape index (κ2) is 5.62. The minimum absolute atomic E-state index is 0.306. The van der Waals surface area contributed by atoms with Crippen molar-refractivity contribution in [2.45, 2.75) is 0 Å². The maximum absolute atomic E-state index is 10.2. The highest BCUT2D eigenvalue weighted by Gasteiger charge is 2.04. The number of phenols is 1. The molecule has 0 unspecified atom stereocenters. The van der Waals surface area contributed by atoms with Gasteiger partial charge in [-0.25, -0.2) is 0 Å². The fourth-order valence-electron chi connectivity index (χ4n) is 3.03. The van der Waals surface area contributed by atoms with Crippen LogP contribution >= 0.6 is 0 Å². The monoisotopic (exact) mass is 296 g/mol. The Kier molecular flexibility index (Phi) is 3.32. The van der Waals surface area contributed by atoms with Gasteiger partial charge in [0.2, 0.25) is 0 Å². The quantitative estimate of drug-likeness (QED) is 0.459. The van der Waals surface area contributed by atoms with E-state index >= 15 is 0 Å². The normalized spacial score (nSPS) is 11.5. The lowest BCUT2D eigenvalue weighted by Crippen LogP contribution is -1.81. The standard InChI is InChI=1S/C22H16O/c23-22-15-13-18-7-2-4-11-20(18)21(22)14-12-17-9-5-8-16-6-1-3-10-19(16)17/h1-15,23H/b14-12+. The molecule has 1 N–H and O–H groups in total. The van der Waals surface area contributed by atoms with Gasteiger partial charge in [0.1, 0.15) is 5.75 Å². The van der Waals surface area contributed by atoms with Crippen LogP contribution in [0.2, 0.25) is 0 Å². The van der Waals surface area contributed by atoms with Crippen molar-refractivity contribution in [2.24, 2.45) is 0 Å². The first-order valence-electron chi connectivity index (χ1n) is 7.69. The van der Waals surface area contributed by atoms with Crippen molar-refractivity contribution < 1.29 is 5.11 Å². The fourth-order valence-corrected chi connectivity index (χ4v) is 3.03. The van der Waals surface area contributed by atoms with Crippen molar-refractivity contribution in [3.8, 4) is 5.75 Å². The maximum Gasteiger partial charge on any atom is 0.123 e. The van der Waals surface area contributed by atoms with Crippen molar-refractivity contribution in [1.82, 2.24) is 0 Å². The molecule has 0 atom stereocenters. The summed E-state index contributed by atoms with van der Waals surface area (Å²) in [6.07, 6.45) is 4.07. The Morgan fingerprint density at radius 3 is 2.04 bits per heavy atom. The van der Waals surface area contributed by atoms with Crippen LogP contribution in [0.1, 0.15) is 11.1 Å². The zero-order valence-electron chi connectivity index (χ0n) is 12.6. The van der Waals surface area contributed by atoms with Crippen LogP contribution in [-0.2, 0) is 0 Å². The zero-order chi connectivity index (χ0) is 15.6. The molecule has 1 heteroatoms. The molecule has 0 spiro atoms. The summed E-state index contributed by atoms with van der Waals surface area (Å²) in [5.74, 6) is 0.306. The number of aromatic hydroxyl groups is 1. The predicted octanol–water partition coefficient (Wildman–Crippen LogP) is 5.87. The van der Waals surface area contributed by atoms with Gasteiger partial charge in [-0.2, -0.15) is 0 Å². The highest BCUT2D eigenvalue weighted by Crippen LogP contribution is 2.29. The van der Waals surface area contributed by atoms with E-state index in [-0.39, 0.29) is 0 Å². The molecule has 0 fully saturated rings. The molecule has 1 nitrogen and oxygen atoms in total. The largest absolute Gasteiger partial charge is 0.507 e. The Balaban J connectivity index is 1.87. The third-order valence-corrected chi connectivity index (χ3v) is 4.20. The van der Waals surface area contributed by atoms with E-state index in [0.29, 0.717) is 5.75 Å². The Morgan fingerprint density at radius 1 is 0.565 bits per heavy atom. The van der Waals surface area contributed by atoms with Crippen LogP contribution in [-0.4, -0.2) is 5.11 Å². The summed E-state index contributed by atoms with van der Waals surface area (Å²) < 4.78 is 0. The van der Waals surface area contributed by atoms with E-state index < -0.39 is 0 Å². The van der Waals surface area contributed by atoms with E-state index in [0.717, 1.165) is 21.9 Å². The number of fused-ring (bicyclic) bond motifs is 2. The van der Waals surface area contributed by atoms with Crippen LogP contribution in [0, 0.1) is 0 Å². The summed E-state index contributed by atoms with van der Waals surface area (Å²) in [5.41, 5.74) is 2.01. The zero-order valence-corrected chi connectivity index (χ0v) is 12.6. The molecule has 110 valence electrons. The summed E-state index contributed by atoms with van der Waals surface area (Å²) in [6.45, 7) is 0. The molecule has 0 saturated heterocycles. The molecule has 0 heterocycles. The number of rotatable bonds is 2. The van der Waals surface area contributed by atoms with Gasteiger partial charge in [0, 0.05) is 5.56 Å². The molecule has 23 heavy (non-hydrogen) atoms. The Hall–Kier alpha value is -3.06. The lowest BCUT2D eigenvalue weighted by molar-refractivity contribution is 0.475. The van der Waals surface area contributed by atoms with Gasteiger partial charge in [-0.15, -0.1) is 0 Å². The van der Waals surface area contributed by atoms with E-state index in [2.05, 4.69) is 48.5 Å². The highest BCUT2D eigenvalue weighted by atomic mass is 16.3. The van der Waals surface area contributed by atoms with Crippen molar-refractivity contribution >= 4 is 33.7 Å². The molecule has 0 saturated carbocycles. The molecule has 0 aliphatic rings. The van der Waals surface area contributed by atoms with Gasteiger partial charge in [-0.3, -0.25) is 0 Å². The predicted molar refractivity (Wildman–Crippen MR) is 98.5 cm³/mol. The van der Waals surface area contributed by atoms with Crippen LogP contribution < -0.4 is 0 Å². The van der Waals surface area contributed by atoms with Crippen molar-refractivity contribution in [3.05, 3.63) is 90.0 Å². The average molecular weight is 296 g/mol. The first-order valence-corrected chi connectivity index (χ1v) is 7.69. The van der Waals surface area contributed by atoms with Crippen LogP contribution in [0.25, 0.3) is 33.7 Å². The second-order valence-corrected chi connectivity index (χ2v) is 5.62. The molecular weight excluding hydrogens is 280 g/mol. The summed E-state index contributed by atoms with van der Waals surface area (Å²) in [4.78, 5) is 0. The van der Waals surface area contributed by atoms with Crippen LogP contribution in [0.15, 0.2) is 78.9 Å². The van der Waals surface area contributed by atoms with Gasteiger partial charge in [0.15, 0.2) is 0 Å². The third-order valence-electron chi connectivity index (χ3n) is 4.20. The molecule has 0 aliphatic heterocycles. The molecule has 0 aliphatic carbocycles. The number of hydrogen-bond donors (Lipinski definition) is 1. The first kappa shape index (κ1) is 13.6. The van der Waals surface area contributed by atoms with Crippen LogP contribution in [0.5, 0.6) is 5.75 Å². The number of benzene rings is 4. The molecule has 0 bridgehead atoms. The molecule has 4 aromatic rings. The van der Waals surface area contributed by atoms with Crippen LogP contribution in [0.4, 0.5) is 0 Å². The van der Waals surface area contributed by atoms with Crippen molar-refractivity contribution in [3.63, 3.8) is 0 Å². The average Bonchev–Trinajstić information content (AvgIpc) is 2.61. The smallest absolute Gasteiger partial charge is 0.123 e. The SMILES string of the molecule is Oc1ccc2ccccc2c1/C=C/c1cccc2ccccc12. The van der Waals surface area contributed by atoms with Crippen molar-refractivity contribution in [2.75, 3.05) is 0 Å². The van der Waals surface area contributed by atoms with E-state index in [9.17, 15) is 5.11 Å². The second-order valence-electron chi connectivity index (χ2n) is 5.62. The van der Waals surface area contributed by atoms with Gasteiger partial charge in [-0.1, -0.05) is 84.9 Å². The van der Waals surface area contributed by atoms with Gasteiger partial charge in [0.05, 0.1) is 0 Å². The molecule has 0 aromatic heterocycles. The van der Waals surface area contributed by atoms with E-state index in [1.807, 2.05) is 36.4 Å². The number of hydrogen-bond acceptors (Lipinski definition) is 1. The first-order chi connectivity index (χ1) is 11.3. The molecule has 0 radical (unpaired) electrons. The van der Waals surface area contributed by atoms with Gasteiger partial charge >= 0.3 is 0 Å². The minimum Gasteiger partial charge on any atom is -0.507 e. The van der Waals surface area contributed by atoms with Gasteiger partial charge in [-0.05, 0) is 33.2 Å². The van der Waals surface area contributed by atoms with Crippen molar-refractivity contribution in [1.29, 1.82) is 0 Å². The minimum atomic E-state index is 0.306. The van der Waals surface area contributed by atoms with E-state index in [1.165, 1.54) is 10.8 Å². The summed E-state index contributed by atoms with van der Waals surface area (Å²) >= 11 is 0. The van der Waals surface area contributed by atoms with E-state index in [4.69, 9.17) is 0 Å².